The molecule has 3 rings (SSSR count). The van der Waals surface area contributed by atoms with Crippen molar-refractivity contribution >= 4 is 5.97 Å². The van der Waals surface area contributed by atoms with Crippen LogP contribution in [0.4, 0.5) is 0 Å². The van der Waals surface area contributed by atoms with Gasteiger partial charge in [-0.3, -0.25) is 4.79 Å². The molecule has 1 aromatic rings. The molecule has 0 saturated carbocycles. The molecule has 126 valence electrons. The minimum absolute atomic E-state index is 0.120. The standard InChI is InChI=1S/C17H22O6/c1-11(18)19-10-13-14(20-9-12-7-5-4-6-8-12)15-16(21-13)23-17(2,3)22-15/h4-8,13-16H,9-10H2,1-3H3/t13-,14+,15-,16-/m1/s1. The highest BCUT2D eigenvalue weighted by Crippen LogP contribution is 2.39. The van der Waals surface area contributed by atoms with Crippen LogP contribution in [0.2, 0.25) is 0 Å². The molecule has 2 aliphatic rings. The smallest absolute Gasteiger partial charge is 0.302 e. The summed E-state index contributed by atoms with van der Waals surface area (Å²) in [6.45, 7) is 5.59. The highest BCUT2D eigenvalue weighted by Gasteiger charge is 2.55. The van der Waals surface area contributed by atoms with Gasteiger partial charge in [-0.15, -0.1) is 0 Å². The van der Waals surface area contributed by atoms with Gasteiger partial charge in [0.05, 0.1) is 6.61 Å². The maximum atomic E-state index is 11.1. The van der Waals surface area contributed by atoms with E-state index in [2.05, 4.69) is 0 Å². The molecule has 2 fully saturated rings. The fraction of sp³-hybridized carbons (Fsp3) is 0.588. The molecule has 0 aliphatic carbocycles. The molecule has 0 aromatic heterocycles. The summed E-state index contributed by atoms with van der Waals surface area (Å²) in [6.07, 6.45) is -1.62. The van der Waals surface area contributed by atoms with Gasteiger partial charge < -0.3 is 23.7 Å². The Labute approximate surface area is 135 Å². The highest BCUT2D eigenvalue weighted by molar-refractivity contribution is 5.65. The van der Waals surface area contributed by atoms with E-state index < -0.39 is 18.2 Å². The number of hydrogen-bond acceptors (Lipinski definition) is 6. The minimum atomic E-state index is -0.712. The van der Waals surface area contributed by atoms with E-state index in [0.29, 0.717) is 6.61 Å². The van der Waals surface area contributed by atoms with Gasteiger partial charge in [-0.05, 0) is 19.4 Å². The molecule has 0 spiro atoms. The SMILES string of the molecule is CC(=O)OC[C@H]1O[C@@H]2OC(C)(C)O[C@@H]2[C@H]1OCc1ccccc1. The summed E-state index contributed by atoms with van der Waals surface area (Å²) < 4.78 is 28.5. The Hall–Kier alpha value is -1.47. The lowest BCUT2D eigenvalue weighted by Gasteiger charge is -2.25. The van der Waals surface area contributed by atoms with Crippen LogP contribution in [0.3, 0.4) is 0 Å². The average molecular weight is 322 g/mol. The third kappa shape index (κ3) is 3.90. The van der Waals surface area contributed by atoms with Crippen LogP contribution < -0.4 is 0 Å². The second-order valence-corrected chi connectivity index (χ2v) is 6.21. The van der Waals surface area contributed by atoms with E-state index in [9.17, 15) is 4.79 Å². The molecule has 2 aliphatic heterocycles. The van der Waals surface area contributed by atoms with Crippen molar-refractivity contribution in [3.05, 3.63) is 35.9 Å². The molecule has 23 heavy (non-hydrogen) atoms. The lowest BCUT2D eigenvalue weighted by molar-refractivity contribution is -0.224. The van der Waals surface area contributed by atoms with Gasteiger partial charge in [0.2, 0.25) is 0 Å². The monoisotopic (exact) mass is 322 g/mol. The maximum Gasteiger partial charge on any atom is 0.302 e. The molecule has 6 nitrogen and oxygen atoms in total. The van der Waals surface area contributed by atoms with Gasteiger partial charge in [0, 0.05) is 6.92 Å². The van der Waals surface area contributed by atoms with Gasteiger partial charge in [0.1, 0.15) is 24.9 Å². The molecule has 1 aromatic carbocycles. The largest absolute Gasteiger partial charge is 0.463 e. The van der Waals surface area contributed by atoms with Crippen LogP contribution in [0.15, 0.2) is 30.3 Å². The molecule has 0 bridgehead atoms. The normalized spacial score (nSPS) is 31.8. The Kier molecular flexibility index (Phi) is 4.68. The predicted octanol–water partition coefficient (Wildman–Crippen LogP) is 2.01. The lowest BCUT2D eigenvalue weighted by Crippen LogP contribution is -2.39. The third-order valence-corrected chi connectivity index (χ3v) is 3.82. The molecule has 2 heterocycles. The molecular weight excluding hydrogens is 300 g/mol. The number of carbonyl (C=O) groups excluding carboxylic acids is 1. The van der Waals surface area contributed by atoms with Crippen molar-refractivity contribution in [3.63, 3.8) is 0 Å². The fourth-order valence-electron chi connectivity index (χ4n) is 2.85. The fourth-order valence-corrected chi connectivity index (χ4v) is 2.85. The number of carbonyl (C=O) groups is 1. The van der Waals surface area contributed by atoms with E-state index in [0.717, 1.165) is 5.56 Å². The number of ether oxygens (including phenoxy) is 5. The Morgan fingerprint density at radius 3 is 2.65 bits per heavy atom. The topological polar surface area (TPSA) is 63.2 Å². The highest BCUT2D eigenvalue weighted by atomic mass is 16.8. The number of benzene rings is 1. The van der Waals surface area contributed by atoms with Crippen LogP contribution in [0.25, 0.3) is 0 Å². The number of hydrogen-bond donors (Lipinski definition) is 0. The third-order valence-electron chi connectivity index (χ3n) is 3.82. The van der Waals surface area contributed by atoms with Crippen molar-refractivity contribution < 1.29 is 28.5 Å². The van der Waals surface area contributed by atoms with Crippen LogP contribution in [0, 0.1) is 0 Å². The molecule has 0 N–H and O–H groups in total. The zero-order valence-electron chi connectivity index (χ0n) is 13.6. The van der Waals surface area contributed by atoms with E-state index in [4.69, 9.17) is 23.7 Å². The van der Waals surface area contributed by atoms with Crippen molar-refractivity contribution in [1.29, 1.82) is 0 Å². The van der Waals surface area contributed by atoms with Crippen molar-refractivity contribution in [3.8, 4) is 0 Å². The van der Waals surface area contributed by atoms with Gasteiger partial charge >= 0.3 is 5.97 Å². The molecular formula is C17H22O6. The first kappa shape index (κ1) is 16.4. The van der Waals surface area contributed by atoms with Gasteiger partial charge in [0.15, 0.2) is 12.1 Å². The van der Waals surface area contributed by atoms with Crippen molar-refractivity contribution in [2.45, 2.75) is 57.8 Å². The first-order valence-corrected chi connectivity index (χ1v) is 7.74. The number of fused-ring (bicyclic) bond motifs is 1. The van der Waals surface area contributed by atoms with Crippen molar-refractivity contribution in [2.24, 2.45) is 0 Å². The summed E-state index contributed by atoms with van der Waals surface area (Å²) in [6, 6.07) is 9.86. The van der Waals surface area contributed by atoms with Crippen molar-refractivity contribution in [2.75, 3.05) is 6.61 Å². The van der Waals surface area contributed by atoms with Crippen LogP contribution in [0.1, 0.15) is 26.3 Å². The van der Waals surface area contributed by atoms with Gasteiger partial charge in [-0.2, -0.15) is 0 Å². The Balaban J connectivity index is 1.67. The van der Waals surface area contributed by atoms with Crippen molar-refractivity contribution in [1.82, 2.24) is 0 Å². The number of rotatable bonds is 5. The first-order valence-electron chi connectivity index (χ1n) is 7.74. The molecule has 0 amide bonds. The zero-order valence-corrected chi connectivity index (χ0v) is 13.6. The quantitative estimate of drug-likeness (QED) is 0.773. The summed E-state index contributed by atoms with van der Waals surface area (Å²) in [5.74, 6) is -1.06. The van der Waals surface area contributed by atoms with E-state index >= 15 is 0 Å². The molecule has 0 radical (unpaired) electrons. The van der Waals surface area contributed by atoms with Crippen LogP contribution in [-0.2, 0) is 35.1 Å². The van der Waals surface area contributed by atoms with Gasteiger partial charge in [0.25, 0.3) is 0 Å². The number of esters is 1. The summed E-state index contributed by atoms with van der Waals surface area (Å²) in [5.41, 5.74) is 1.06. The zero-order chi connectivity index (χ0) is 16.4. The summed E-state index contributed by atoms with van der Waals surface area (Å²) >= 11 is 0. The Morgan fingerprint density at radius 2 is 1.96 bits per heavy atom. The summed E-state index contributed by atoms with van der Waals surface area (Å²) in [5, 5.41) is 0. The van der Waals surface area contributed by atoms with Crippen LogP contribution in [-0.4, -0.2) is 43.0 Å². The first-order chi connectivity index (χ1) is 10.9. The summed E-state index contributed by atoms with van der Waals surface area (Å²) in [4.78, 5) is 11.1. The molecule has 2 saturated heterocycles. The second kappa shape index (κ2) is 6.57. The maximum absolute atomic E-state index is 11.1. The van der Waals surface area contributed by atoms with E-state index in [-0.39, 0.29) is 24.8 Å². The van der Waals surface area contributed by atoms with Gasteiger partial charge in [-0.1, -0.05) is 30.3 Å². The molecule has 4 atom stereocenters. The Bertz CT molecular complexity index is 543. The predicted molar refractivity (Wildman–Crippen MR) is 80.4 cm³/mol. The average Bonchev–Trinajstić information content (AvgIpc) is 2.95. The second-order valence-electron chi connectivity index (χ2n) is 6.21. The molecule has 6 heteroatoms. The van der Waals surface area contributed by atoms with E-state index in [1.165, 1.54) is 6.92 Å². The Morgan fingerprint density at radius 1 is 1.22 bits per heavy atom. The summed E-state index contributed by atoms with van der Waals surface area (Å²) in [7, 11) is 0. The van der Waals surface area contributed by atoms with Crippen LogP contribution in [0.5, 0.6) is 0 Å². The van der Waals surface area contributed by atoms with E-state index in [1.807, 2.05) is 44.2 Å². The van der Waals surface area contributed by atoms with E-state index in [1.54, 1.807) is 0 Å². The minimum Gasteiger partial charge on any atom is -0.463 e. The van der Waals surface area contributed by atoms with Crippen LogP contribution >= 0.6 is 0 Å². The van der Waals surface area contributed by atoms with Gasteiger partial charge in [-0.25, -0.2) is 0 Å². The molecule has 0 unspecified atom stereocenters. The lowest BCUT2D eigenvalue weighted by atomic mass is 10.1.